The van der Waals surface area contributed by atoms with Crippen molar-refractivity contribution in [1.82, 2.24) is 0 Å². The third kappa shape index (κ3) is 1.82. The summed E-state index contributed by atoms with van der Waals surface area (Å²) in [5.74, 6) is 1.66. The first-order valence-corrected chi connectivity index (χ1v) is 5.14. The van der Waals surface area contributed by atoms with Crippen LogP contribution in [-0.2, 0) is 4.75 Å². The molecule has 1 aliphatic rings. The highest BCUT2D eigenvalue weighted by molar-refractivity contribution is 7.81. The molecule has 0 atom stereocenters. The quantitative estimate of drug-likeness (QED) is 0.718. The highest BCUT2D eigenvalue weighted by Gasteiger charge is 2.19. The van der Waals surface area contributed by atoms with E-state index in [1.54, 1.807) is 0 Å². The zero-order chi connectivity index (χ0) is 10.2. The van der Waals surface area contributed by atoms with Gasteiger partial charge in [-0.25, -0.2) is 0 Å². The highest BCUT2D eigenvalue weighted by Crippen LogP contribution is 2.36. The summed E-state index contributed by atoms with van der Waals surface area (Å²) < 4.78 is 10.8. The van der Waals surface area contributed by atoms with Gasteiger partial charge in [0, 0.05) is 4.75 Å². The first-order chi connectivity index (χ1) is 6.57. The number of hydrogen-bond acceptors (Lipinski definition) is 3. The normalized spacial score (nSPS) is 15.4. The number of rotatable bonds is 1. The molecule has 0 fully saturated rings. The number of benzene rings is 1. The van der Waals surface area contributed by atoms with Crippen LogP contribution in [0.4, 0.5) is 0 Å². The molecule has 1 aliphatic heterocycles. The molecular weight excluding hydrogens is 196 g/mol. The van der Waals surface area contributed by atoms with Crippen molar-refractivity contribution in [3.63, 3.8) is 0 Å². The molecule has 1 aromatic carbocycles. The molecule has 0 N–H and O–H groups in total. The van der Waals surface area contributed by atoms with Crippen LogP contribution in [0.3, 0.4) is 0 Å². The Labute approximate surface area is 89.6 Å². The minimum Gasteiger partial charge on any atom is -0.486 e. The molecule has 0 saturated carbocycles. The lowest BCUT2D eigenvalue weighted by atomic mass is 10.0. The largest absolute Gasteiger partial charge is 0.486 e. The Morgan fingerprint density at radius 3 is 2.43 bits per heavy atom. The van der Waals surface area contributed by atoms with Gasteiger partial charge in [-0.3, -0.25) is 0 Å². The third-order valence-electron chi connectivity index (χ3n) is 2.25. The van der Waals surface area contributed by atoms with Gasteiger partial charge in [-0.05, 0) is 31.5 Å². The monoisotopic (exact) mass is 210 g/mol. The molecule has 0 radical (unpaired) electrons. The molecule has 0 bridgehead atoms. The maximum atomic E-state index is 5.50. The summed E-state index contributed by atoms with van der Waals surface area (Å²) in [6.07, 6.45) is 0. The summed E-state index contributed by atoms with van der Waals surface area (Å²) in [5.41, 5.74) is 1.14. The zero-order valence-corrected chi connectivity index (χ0v) is 9.30. The van der Waals surface area contributed by atoms with Crippen LogP contribution in [0.1, 0.15) is 19.4 Å². The fourth-order valence-electron chi connectivity index (χ4n) is 1.42. The van der Waals surface area contributed by atoms with Gasteiger partial charge in [-0.1, -0.05) is 6.07 Å². The van der Waals surface area contributed by atoms with Crippen LogP contribution in [0, 0.1) is 0 Å². The molecule has 1 heterocycles. The summed E-state index contributed by atoms with van der Waals surface area (Å²) in [5, 5.41) is 0. The number of thiol groups is 1. The molecule has 1 aromatic rings. The number of ether oxygens (including phenoxy) is 2. The first-order valence-electron chi connectivity index (χ1n) is 4.70. The molecule has 2 rings (SSSR count). The Bertz CT molecular complexity index is 342. The lowest BCUT2D eigenvalue weighted by molar-refractivity contribution is 0.171. The van der Waals surface area contributed by atoms with Crippen molar-refractivity contribution in [3.8, 4) is 11.5 Å². The average Bonchev–Trinajstić information content (AvgIpc) is 2.16. The van der Waals surface area contributed by atoms with Crippen LogP contribution in [0.2, 0.25) is 0 Å². The summed E-state index contributed by atoms with van der Waals surface area (Å²) in [6, 6.07) is 5.98. The zero-order valence-electron chi connectivity index (χ0n) is 8.41. The standard InChI is InChI=1S/C11H14O2S/c1-11(2,14)8-3-4-9-10(7-8)13-6-5-12-9/h3-4,7,14H,5-6H2,1-2H3. The molecular formula is C11H14O2S. The van der Waals surface area contributed by atoms with Crippen molar-refractivity contribution in [3.05, 3.63) is 23.8 Å². The van der Waals surface area contributed by atoms with Gasteiger partial charge < -0.3 is 9.47 Å². The molecule has 0 aliphatic carbocycles. The van der Waals surface area contributed by atoms with Crippen LogP contribution < -0.4 is 9.47 Å². The molecule has 0 saturated heterocycles. The van der Waals surface area contributed by atoms with E-state index in [-0.39, 0.29) is 4.75 Å². The van der Waals surface area contributed by atoms with E-state index in [9.17, 15) is 0 Å². The average molecular weight is 210 g/mol. The van der Waals surface area contributed by atoms with Crippen LogP contribution in [0.25, 0.3) is 0 Å². The minimum absolute atomic E-state index is 0.143. The first kappa shape index (κ1) is 9.71. The number of hydrogen-bond donors (Lipinski definition) is 1. The Morgan fingerprint density at radius 2 is 1.79 bits per heavy atom. The van der Waals surface area contributed by atoms with Gasteiger partial charge in [0.05, 0.1) is 0 Å². The summed E-state index contributed by atoms with van der Waals surface area (Å²) >= 11 is 4.52. The van der Waals surface area contributed by atoms with E-state index >= 15 is 0 Å². The van der Waals surface area contributed by atoms with Gasteiger partial charge in [-0.15, -0.1) is 0 Å². The van der Waals surface area contributed by atoms with Crippen molar-refractivity contribution in [2.24, 2.45) is 0 Å². The smallest absolute Gasteiger partial charge is 0.161 e. The van der Waals surface area contributed by atoms with Gasteiger partial charge in [0.25, 0.3) is 0 Å². The van der Waals surface area contributed by atoms with E-state index in [1.165, 1.54) is 0 Å². The molecule has 0 aromatic heterocycles. The Morgan fingerprint density at radius 1 is 1.14 bits per heavy atom. The van der Waals surface area contributed by atoms with Gasteiger partial charge in [0.1, 0.15) is 13.2 Å². The molecule has 14 heavy (non-hydrogen) atoms. The minimum atomic E-state index is -0.143. The van der Waals surface area contributed by atoms with E-state index in [0.29, 0.717) is 13.2 Å². The topological polar surface area (TPSA) is 18.5 Å². The van der Waals surface area contributed by atoms with Crippen molar-refractivity contribution in [2.75, 3.05) is 13.2 Å². The summed E-state index contributed by atoms with van der Waals surface area (Å²) in [6.45, 7) is 5.38. The van der Waals surface area contributed by atoms with Gasteiger partial charge in [0.15, 0.2) is 11.5 Å². The second-order valence-corrected chi connectivity index (χ2v) is 5.04. The van der Waals surface area contributed by atoms with Crippen molar-refractivity contribution in [1.29, 1.82) is 0 Å². The number of fused-ring (bicyclic) bond motifs is 1. The molecule has 0 unspecified atom stereocenters. The fourth-order valence-corrected chi connectivity index (χ4v) is 1.56. The maximum absolute atomic E-state index is 5.50. The summed E-state index contributed by atoms with van der Waals surface area (Å²) in [7, 11) is 0. The Kier molecular flexibility index (Phi) is 2.35. The molecule has 2 nitrogen and oxygen atoms in total. The van der Waals surface area contributed by atoms with Crippen LogP contribution in [0.15, 0.2) is 18.2 Å². The highest BCUT2D eigenvalue weighted by atomic mass is 32.1. The SMILES string of the molecule is CC(C)(S)c1ccc2c(c1)OCCO2. The van der Waals surface area contributed by atoms with Gasteiger partial charge in [-0.2, -0.15) is 12.6 Å². The van der Waals surface area contributed by atoms with Gasteiger partial charge >= 0.3 is 0 Å². The molecule has 76 valence electrons. The van der Waals surface area contributed by atoms with Crippen molar-refractivity contribution in [2.45, 2.75) is 18.6 Å². The molecule has 0 amide bonds. The second-order valence-electron chi connectivity index (χ2n) is 3.92. The lowest BCUT2D eigenvalue weighted by Crippen LogP contribution is -2.16. The van der Waals surface area contributed by atoms with Crippen LogP contribution >= 0.6 is 12.6 Å². The van der Waals surface area contributed by atoms with E-state index < -0.39 is 0 Å². The lowest BCUT2D eigenvalue weighted by Gasteiger charge is -2.23. The van der Waals surface area contributed by atoms with Crippen molar-refractivity contribution >= 4 is 12.6 Å². The van der Waals surface area contributed by atoms with Gasteiger partial charge in [0.2, 0.25) is 0 Å². The predicted molar refractivity (Wildman–Crippen MR) is 59.4 cm³/mol. The van der Waals surface area contributed by atoms with Crippen LogP contribution in [-0.4, -0.2) is 13.2 Å². The maximum Gasteiger partial charge on any atom is 0.161 e. The Balaban J connectivity index is 2.39. The molecule has 0 spiro atoms. The second kappa shape index (κ2) is 3.39. The van der Waals surface area contributed by atoms with E-state index in [2.05, 4.69) is 26.5 Å². The predicted octanol–water partition coefficient (Wildman–Crippen LogP) is 2.62. The summed E-state index contributed by atoms with van der Waals surface area (Å²) in [4.78, 5) is 0. The Hall–Kier alpha value is -0.830. The third-order valence-corrected chi connectivity index (χ3v) is 2.51. The molecule has 3 heteroatoms. The van der Waals surface area contributed by atoms with E-state index in [4.69, 9.17) is 9.47 Å². The van der Waals surface area contributed by atoms with Crippen LogP contribution in [0.5, 0.6) is 11.5 Å². The van der Waals surface area contributed by atoms with E-state index in [0.717, 1.165) is 17.1 Å². The fraction of sp³-hybridized carbons (Fsp3) is 0.455. The van der Waals surface area contributed by atoms with Crippen molar-refractivity contribution < 1.29 is 9.47 Å². The van der Waals surface area contributed by atoms with E-state index in [1.807, 2.05) is 18.2 Å².